The predicted molar refractivity (Wildman–Crippen MR) is 92.0 cm³/mol. The first-order valence-corrected chi connectivity index (χ1v) is 8.47. The molecule has 0 saturated carbocycles. The molecule has 0 radical (unpaired) electrons. The Morgan fingerprint density at radius 3 is 2.86 bits per heavy atom. The number of thiophene rings is 1. The van der Waals surface area contributed by atoms with Gasteiger partial charge in [-0.2, -0.15) is 5.10 Å². The normalized spacial score (nSPS) is 11.3. The molecular weight excluding hydrogens is 420 g/mol. The van der Waals surface area contributed by atoms with E-state index in [9.17, 15) is 4.79 Å². The zero-order valence-corrected chi connectivity index (χ0v) is 15.1. The van der Waals surface area contributed by atoms with Crippen LogP contribution < -0.4 is 10.2 Å². The third-order valence-electron chi connectivity index (χ3n) is 2.48. The van der Waals surface area contributed by atoms with Gasteiger partial charge in [-0.3, -0.25) is 4.79 Å². The highest BCUT2D eigenvalue weighted by molar-refractivity contribution is 9.11. The lowest BCUT2D eigenvalue weighted by Crippen LogP contribution is -2.25. The number of hydrogen-bond donors (Lipinski definition) is 1. The van der Waals surface area contributed by atoms with Crippen molar-refractivity contribution in [3.63, 3.8) is 0 Å². The number of carbonyl (C=O) groups excluding carboxylic acids is 1. The molecule has 1 amide bonds. The maximum Gasteiger partial charge on any atom is 0.277 e. The van der Waals surface area contributed by atoms with Gasteiger partial charge in [-0.15, -0.1) is 11.3 Å². The second-order valence-electron chi connectivity index (χ2n) is 4.07. The average Bonchev–Trinajstić information content (AvgIpc) is 2.98. The van der Waals surface area contributed by atoms with E-state index in [-0.39, 0.29) is 12.5 Å². The minimum Gasteiger partial charge on any atom is -0.483 e. The summed E-state index contributed by atoms with van der Waals surface area (Å²) >= 11 is 8.30. The number of benzene rings is 1. The fourth-order valence-electron chi connectivity index (χ4n) is 1.45. The standard InChI is InChI=1S/C14H12Br2N2O2S/c1-9(13-3-2-6-21-13)17-18-14(19)8-20-12-5-4-10(15)7-11(12)16/h2-7H,8H2,1H3,(H,18,19)/b17-9+. The minimum atomic E-state index is -0.305. The minimum absolute atomic E-state index is 0.0958. The Morgan fingerprint density at radius 2 is 2.19 bits per heavy atom. The third kappa shape index (κ3) is 4.94. The van der Waals surface area contributed by atoms with Crippen molar-refractivity contribution < 1.29 is 9.53 Å². The van der Waals surface area contributed by atoms with Crippen LogP contribution >= 0.6 is 43.2 Å². The molecule has 0 unspecified atom stereocenters. The van der Waals surface area contributed by atoms with Crippen LogP contribution in [0, 0.1) is 0 Å². The Balaban J connectivity index is 1.86. The first-order chi connectivity index (χ1) is 10.1. The van der Waals surface area contributed by atoms with Crippen LogP contribution in [0.25, 0.3) is 0 Å². The van der Waals surface area contributed by atoms with Crippen LogP contribution in [-0.2, 0) is 4.79 Å². The van der Waals surface area contributed by atoms with Gasteiger partial charge in [0.05, 0.1) is 10.2 Å². The van der Waals surface area contributed by atoms with Gasteiger partial charge in [0.25, 0.3) is 5.91 Å². The van der Waals surface area contributed by atoms with Gasteiger partial charge in [-0.25, -0.2) is 5.43 Å². The number of hydrogen-bond acceptors (Lipinski definition) is 4. The fourth-order valence-corrected chi connectivity index (χ4v) is 3.29. The molecular formula is C14H12Br2N2O2S. The molecule has 0 atom stereocenters. The number of nitrogens with one attached hydrogen (secondary N) is 1. The molecule has 21 heavy (non-hydrogen) atoms. The number of hydrazone groups is 1. The molecule has 2 aromatic rings. The van der Waals surface area contributed by atoms with E-state index < -0.39 is 0 Å². The molecule has 110 valence electrons. The van der Waals surface area contributed by atoms with E-state index in [0.717, 1.165) is 19.5 Å². The molecule has 1 aromatic carbocycles. The SMILES string of the molecule is C/C(=N\NC(=O)COc1ccc(Br)cc1Br)c1cccs1. The van der Waals surface area contributed by atoms with Crippen molar-refractivity contribution in [3.05, 3.63) is 49.5 Å². The van der Waals surface area contributed by atoms with Crippen LogP contribution in [0.1, 0.15) is 11.8 Å². The van der Waals surface area contributed by atoms with Gasteiger partial charge in [0, 0.05) is 9.35 Å². The topological polar surface area (TPSA) is 50.7 Å². The molecule has 0 aliphatic rings. The number of nitrogens with zero attached hydrogens (tertiary/aromatic N) is 1. The summed E-state index contributed by atoms with van der Waals surface area (Å²) in [6, 6.07) is 9.37. The summed E-state index contributed by atoms with van der Waals surface area (Å²) in [4.78, 5) is 12.7. The van der Waals surface area contributed by atoms with Crippen molar-refractivity contribution in [1.82, 2.24) is 5.43 Å². The molecule has 4 nitrogen and oxygen atoms in total. The monoisotopic (exact) mass is 430 g/mol. The van der Waals surface area contributed by atoms with Crippen LogP contribution in [0.15, 0.2) is 49.8 Å². The predicted octanol–water partition coefficient (Wildman–Crippen LogP) is 4.19. The van der Waals surface area contributed by atoms with Gasteiger partial charge >= 0.3 is 0 Å². The van der Waals surface area contributed by atoms with Crippen LogP contribution in [0.5, 0.6) is 5.75 Å². The van der Waals surface area contributed by atoms with E-state index in [0.29, 0.717) is 5.75 Å². The number of amides is 1. The molecule has 2 rings (SSSR count). The van der Waals surface area contributed by atoms with Crippen LogP contribution in [0.3, 0.4) is 0 Å². The maximum atomic E-state index is 11.7. The average molecular weight is 432 g/mol. The van der Waals surface area contributed by atoms with Gasteiger partial charge in [0.1, 0.15) is 5.75 Å². The smallest absolute Gasteiger partial charge is 0.277 e. The molecule has 0 aliphatic carbocycles. The molecule has 1 heterocycles. The van der Waals surface area contributed by atoms with Crippen LogP contribution in [-0.4, -0.2) is 18.2 Å². The Labute approximate surface area is 143 Å². The van der Waals surface area contributed by atoms with Crippen LogP contribution in [0.2, 0.25) is 0 Å². The van der Waals surface area contributed by atoms with Crippen molar-refractivity contribution in [2.24, 2.45) is 5.10 Å². The highest BCUT2D eigenvalue weighted by atomic mass is 79.9. The highest BCUT2D eigenvalue weighted by Crippen LogP contribution is 2.28. The zero-order chi connectivity index (χ0) is 15.2. The molecule has 7 heteroatoms. The molecule has 1 N–H and O–H groups in total. The van der Waals surface area contributed by atoms with Gasteiger partial charge in [0.2, 0.25) is 0 Å². The number of ether oxygens (including phenoxy) is 1. The summed E-state index contributed by atoms with van der Waals surface area (Å²) in [5.41, 5.74) is 3.24. The number of carbonyl (C=O) groups is 1. The Bertz CT molecular complexity index is 657. The Hall–Kier alpha value is -1.18. The largest absolute Gasteiger partial charge is 0.483 e. The van der Waals surface area contributed by atoms with Gasteiger partial charge in [-0.1, -0.05) is 22.0 Å². The van der Waals surface area contributed by atoms with E-state index in [1.807, 2.05) is 36.6 Å². The highest BCUT2D eigenvalue weighted by Gasteiger charge is 2.06. The Morgan fingerprint density at radius 1 is 1.38 bits per heavy atom. The lowest BCUT2D eigenvalue weighted by Gasteiger charge is -2.07. The van der Waals surface area contributed by atoms with Crippen molar-refractivity contribution in [1.29, 1.82) is 0 Å². The molecule has 0 spiro atoms. The van der Waals surface area contributed by atoms with E-state index in [4.69, 9.17) is 4.74 Å². The van der Waals surface area contributed by atoms with E-state index in [2.05, 4.69) is 42.4 Å². The second-order valence-corrected chi connectivity index (χ2v) is 6.79. The molecule has 0 bridgehead atoms. The first kappa shape index (κ1) is 16.2. The zero-order valence-electron chi connectivity index (χ0n) is 11.1. The van der Waals surface area contributed by atoms with Gasteiger partial charge in [0.15, 0.2) is 6.61 Å². The summed E-state index contributed by atoms with van der Waals surface area (Å²) < 4.78 is 7.14. The van der Waals surface area contributed by atoms with Gasteiger partial charge < -0.3 is 4.74 Å². The maximum absolute atomic E-state index is 11.7. The van der Waals surface area contributed by atoms with Crippen LogP contribution in [0.4, 0.5) is 0 Å². The molecule has 0 aliphatic heterocycles. The van der Waals surface area contributed by atoms with E-state index >= 15 is 0 Å². The quantitative estimate of drug-likeness (QED) is 0.569. The fraction of sp³-hybridized carbons (Fsp3) is 0.143. The molecule has 0 fully saturated rings. The van der Waals surface area contributed by atoms with Crippen molar-refractivity contribution in [2.75, 3.05) is 6.61 Å². The lowest BCUT2D eigenvalue weighted by molar-refractivity contribution is -0.123. The number of rotatable bonds is 5. The third-order valence-corrected chi connectivity index (χ3v) is 4.57. The van der Waals surface area contributed by atoms with Crippen molar-refractivity contribution >= 4 is 54.8 Å². The summed E-state index contributed by atoms with van der Waals surface area (Å²) in [5, 5.41) is 6.01. The summed E-state index contributed by atoms with van der Waals surface area (Å²) in [7, 11) is 0. The van der Waals surface area contributed by atoms with E-state index in [1.54, 1.807) is 17.4 Å². The van der Waals surface area contributed by atoms with Crippen molar-refractivity contribution in [2.45, 2.75) is 6.92 Å². The Kier molecular flexibility index (Phi) is 5.96. The summed E-state index contributed by atoms with van der Waals surface area (Å²) in [5.74, 6) is 0.299. The number of halogens is 2. The molecule has 1 aromatic heterocycles. The second kappa shape index (κ2) is 7.72. The van der Waals surface area contributed by atoms with Crippen molar-refractivity contribution in [3.8, 4) is 5.75 Å². The van der Waals surface area contributed by atoms with Gasteiger partial charge in [-0.05, 0) is 52.5 Å². The lowest BCUT2D eigenvalue weighted by atomic mass is 10.3. The van der Waals surface area contributed by atoms with E-state index in [1.165, 1.54) is 0 Å². The summed E-state index contributed by atoms with van der Waals surface area (Å²) in [6.45, 7) is 1.75. The summed E-state index contributed by atoms with van der Waals surface area (Å²) in [6.07, 6.45) is 0. The molecule has 0 saturated heterocycles. The first-order valence-electron chi connectivity index (χ1n) is 6.01.